The lowest BCUT2D eigenvalue weighted by molar-refractivity contribution is 0.796. The normalized spacial score (nSPS) is 16.6. The lowest BCUT2D eigenvalue weighted by atomic mass is 9.68. The predicted octanol–water partition coefficient (Wildman–Crippen LogP) is 9.50. The molecule has 168 valence electrons. The molecule has 0 nitrogen and oxygen atoms in total. The molecule has 1 spiro atoms. The highest BCUT2D eigenvalue weighted by Gasteiger charge is 2.52. The highest BCUT2D eigenvalue weighted by molar-refractivity contribution is 6.30. The molecule has 1 atom stereocenters. The molecule has 8 rings (SSSR count). The minimum Gasteiger partial charge on any atom is -0.0843 e. The quantitative estimate of drug-likeness (QED) is 0.221. The third-order valence-electron chi connectivity index (χ3n) is 8.13. The van der Waals surface area contributed by atoms with E-state index in [1.165, 1.54) is 60.8 Å². The Labute approximate surface area is 215 Å². The van der Waals surface area contributed by atoms with Gasteiger partial charge in [-0.05, 0) is 78.5 Å². The first-order valence-corrected chi connectivity index (χ1v) is 12.8. The summed E-state index contributed by atoms with van der Waals surface area (Å²) in [7, 11) is 0. The van der Waals surface area contributed by atoms with Crippen LogP contribution in [0.15, 0.2) is 127 Å². The van der Waals surface area contributed by atoms with E-state index in [1.54, 1.807) is 0 Å². The van der Waals surface area contributed by atoms with E-state index in [1.807, 2.05) is 6.07 Å². The number of hydrogen-bond donors (Lipinski definition) is 0. The third-order valence-corrected chi connectivity index (χ3v) is 8.36. The van der Waals surface area contributed by atoms with Gasteiger partial charge >= 0.3 is 0 Å². The van der Waals surface area contributed by atoms with Crippen LogP contribution in [0.25, 0.3) is 44.2 Å². The van der Waals surface area contributed by atoms with Crippen LogP contribution in [0.2, 0.25) is 5.02 Å². The van der Waals surface area contributed by atoms with E-state index in [0.29, 0.717) is 0 Å². The summed E-state index contributed by atoms with van der Waals surface area (Å²) >= 11 is 6.51. The number of halogens is 1. The average molecular weight is 477 g/mol. The Kier molecular flexibility index (Phi) is 4.02. The van der Waals surface area contributed by atoms with Crippen molar-refractivity contribution in [2.24, 2.45) is 0 Å². The van der Waals surface area contributed by atoms with Gasteiger partial charge in [0.15, 0.2) is 0 Å². The maximum atomic E-state index is 6.51. The molecule has 0 aromatic heterocycles. The maximum absolute atomic E-state index is 6.51. The molecular weight excluding hydrogens is 456 g/mol. The summed E-state index contributed by atoms with van der Waals surface area (Å²) in [5.74, 6) is 0. The van der Waals surface area contributed by atoms with Gasteiger partial charge in [0.2, 0.25) is 0 Å². The predicted molar refractivity (Wildman–Crippen MR) is 151 cm³/mol. The molecule has 1 heteroatoms. The smallest absolute Gasteiger partial charge is 0.0731 e. The first-order chi connectivity index (χ1) is 17.8. The first kappa shape index (κ1) is 20.1. The largest absolute Gasteiger partial charge is 0.0843 e. The average Bonchev–Trinajstić information content (AvgIpc) is 3.40. The van der Waals surface area contributed by atoms with Gasteiger partial charge in [-0.3, -0.25) is 0 Å². The van der Waals surface area contributed by atoms with Gasteiger partial charge in [0, 0.05) is 5.02 Å². The summed E-state index contributed by atoms with van der Waals surface area (Å²) in [4.78, 5) is 0. The molecule has 6 aromatic carbocycles. The highest BCUT2D eigenvalue weighted by atomic mass is 35.5. The van der Waals surface area contributed by atoms with Crippen LogP contribution in [0, 0.1) is 0 Å². The summed E-state index contributed by atoms with van der Waals surface area (Å²) in [5.41, 5.74) is 12.7. The number of hydrogen-bond acceptors (Lipinski definition) is 0. The molecule has 0 saturated carbocycles. The van der Waals surface area contributed by atoms with Gasteiger partial charge in [-0.1, -0.05) is 127 Å². The van der Waals surface area contributed by atoms with Crippen LogP contribution in [-0.2, 0) is 5.41 Å². The number of benzene rings is 6. The molecule has 36 heavy (non-hydrogen) atoms. The van der Waals surface area contributed by atoms with E-state index in [0.717, 1.165) is 10.6 Å². The molecule has 2 aliphatic rings. The fraction of sp³-hybridized carbons (Fsp3) is 0.0286. The molecule has 6 aromatic rings. The summed E-state index contributed by atoms with van der Waals surface area (Å²) in [6.45, 7) is 0. The molecule has 0 N–H and O–H groups in total. The van der Waals surface area contributed by atoms with Gasteiger partial charge in [-0.15, -0.1) is 0 Å². The summed E-state index contributed by atoms with van der Waals surface area (Å²) in [6, 6.07) is 46.4. The maximum Gasteiger partial charge on any atom is 0.0731 e. The van der Waals surface area contributed by atoms with E-state index in [-0.39, 0.29) is 5.41 Å². The standard InChI is InChI=1S/C35H21Cl/c36-24-11-7-10-23(21-24)26-15-8-16-28-27-13-3-5-17-30(27)35(34(26)28)31-18-6-4-14-29(31)33-25-12-2-1-9-22(25)19-20-32(33)35/h1-21H. The van der Waals surface area contributed by atoms with Crippen LogP contribution in [-0.4, -0.2) is 0 Å². The van der Waals surface area contributed by atoms with Crippen molar-refractivity contribution in [3.8, 4) is 33.4 Å². The molecule has 0 bridgehead atoms. The molecule has 0 fully saturated rings. The van der Waals surface area contributed by atoms with Crippen molar-refractivity contribution < 1.29 is 0 Å². The van der Waals surface area contributed by atoms with Crippen molar-refractivity contribution in [1.29, 1.82) is 0 Å². The summed E-state index contributed by atoms with van der Waals surface area (Å²) < 4.78 is 0. The Morgan fingerprint density at radius 3 is 2.00 bits per heavy atom. The Balaban J connectivity index is 1.61. The van der Waals surface area contributed by atoms with E-state index < -0.39 is 0 Å². The van der Waals surface area contributed by atoms with Crippen LogP contribution in [0.5, 0.6) is 0 Å². The second-order valence-corrected chi connectivity index (χ2v) is 10.2. The number of rotatable bonds is 1. The molecule has 0 heterocycles. The molecule has 0 saturated heterocycles. The van der Waals surface area contributed by atoms with Crippen molar-refractivity contribution in [1.82, 2.24) is 0 Å². The Bertz CT molecular complexity index is 1860. The zero-order valence-corrected chi connectivity index (χ0v) is 20.3. The van der Waals surface area contributed by atoms with Crippen LogP contribution in [0.3, 0.4) is 0 Å². The minimum atomic E-state index is -0.388. The van der Waals surface area contributed by atoms with Gasteiger partial charge in [-0.2, -0.15) is 0 Å². The fourth-order valence-corrected chi connectivity index (χ4v) is 7.05. The van der Waals surface area contributed by atoms with Crippen LogP contribution in [0.1, 0.15) is 22.3 Å². The fourth-order valence-electron chi connectivity index (χ4n) is 6.86. The molecule has 2 aliphatic carbocycles. The van der Waals surface area contributed by atoms with Gasteiger partial charge in [0.1, 0.15) is 0 Å². The van der Waals surface area contributed by atoms with Gasteiger partial charge in [-0.25, -0.2) is 0 Å². The van der Waals surface area contributed by atoms with E-state index in [9.17, 15) is 0 Å². The second-order valence-electron chi connectivity index (χ2n) is 9.79. The Morgan fingerprint density at radius 1 is 0.472 bits per heavy atom. The van der Waals surface area contributed by atoms with E-state index in [2.05, 4.69) is 121 Å². The SMILES string of the molecule is Clc1cccc(-c2cccc3c2C2(c4ccccc4-3)c3ccccc3-c3c2ccc2ccccc32)c1. The minimum absolute atomic E-state index is 0.388. The zero-order chi connectivity index (χ0) is 23.9. The molecule has 0 amide bonds. The lowest BCUT2D eigenvalue weighted by Gasteiger charge is -2.32. The second kappa shape index (κ2) is 7.20. The zero-order valence-electron chi connectivity index (χ0n) is 19.5. The van der Waals surface area contributed by atoms with E-state index >= 15 is 0 Å². The van der Waals surface area contributed by atoms with Crippen LogP contribution >= 0.6 is 11.6 Å². The summed E-state index contributed by atoms with van der Waals surface area (Å²) in [5, 5.41) is 3.34. The Hall–Kier alpha value is -4.13. The van der Waals surface area contributed by atoms with Gasteiger partial charge in [0.25, 0.3) is 0 Å². The van der Waals surface area contributed by atoms with Crippen molar-refractivity contribution in [3.05, 3.63) is 155 Å². The highest BCUT2D eigenvalue weighted by Crippen LogP contribution is 2.65. The molecule has 0 aliphatic heterocycles. The van der Waals surface area contributed by atoms with Crippen molar-refractivity contribution in [2.75, 3.05) is 0 Å². The van der Waals surface area contributed by atoms with Gasteiger partial charge < -0.3 is 0 Å². The molecule has 0 radical (unpaired) electrons. The van der Waals surface area contributed by atoms with Crippen molar-refractivity contribution in [3.63, 3.8) is 0 Å². The number of fused-ring (bicyclic) bond motifs is 12. The van der Waals surface area contributed by atoms with Gasteiger partial charge in [0.05, 0.1) is 5.41 Å². The topological polar surface area (TPSA) is 0 Å². The van der Waals surface area contributed by atoms with E-state index in [4.69, 9.17) is 11.6 Å². The Morgan fingerprint density at radius 2 is 1.14 bits per heavy atom. The van der Waals surface area contributed by atoms with Crippen molar-refractivity contribution >= 4 is 22.4 Å². The van der Waals surface area contributed by atoms with Crippen LogP contribution < -0.4 is 0 Å². The van der Waals surface area contributed by atoms with Crippen LogP contribution in [0.4, 0.5) is 0 Å². The molecular formula is C35H21Cl. The monoisotopic (exact) mass is 476 g/mol. The third kappa shape index (κ3) is 2.40. The van der Waals surface area contributed by atoms with Crippen molar-refractivity contribution in [2.45, 2.75) is 5.41 Å². The first-order valence-electron chi connectivity index (χ1n) is 12.4. The lowest BCUT2D eigenvalue weighted by Crippen LogP contribution is -2.26. The molecule has 1 unspecified atom stereocenters. The summed E-state index contributed by atoms with van der Waals surface area (Å²) in [6.07, 6.45) is 0.